The monoisotopic (exact) mass is 258 g/mol. The Balaban J connectivity index is 2.57. The number of amides is 1. The first-order valence-corrected chi connectivity index (χ1v) is 6.44. The predicted octanol–water partition coefficient (Wildman–Crippen LogP) is 1.49. The van der Waals surface area contributed by atoms with Gasteiger partial charge in [0.25, 0.3) is 0 Å². The quantitative estimate of drug-likeness (QED) is 0.747. The molecule has 106 valence electrons. The predicted molar refractivity (Wildman–Crippen MR) is 70.3 cm³/mol. The highest BCUT2D eigenvalue weighted by Crippen LogP contribution is 2.30. The van der Waals surface area contributed by atoms with E-state index in [1.165, 1.54) is 0 Å². The molecule has 1 fully saturated rings. The van der Waals surface area contributed by atoms with Crippen molar-refractivity contribution in [2.45, 2.75) is 64.2 Å². The molecule has 0 aromatic heterocycles. The molecule has 0 aromatic carbocycles. The summed E-state index contributed by atoms with van der Waals surface area (Å²) in [7, 11) is 0. The van der Waals surface area contributed by atoms with Gasteiger partial charge in [-0.1, -0.05) is 0 Å². The summed E-state index contributed by atoms with van der Waals surface area (Å²) < 4.78 is 5.31. The van der Waals surface area contributed by atoms with Crippen molar-refractivity contribution < 1.29 is 14.6 Å². The number of nitrogens with two attached hydrogens (primary N) is 1. The van der Waals surface area contributed by atoms with Crippen LogP contribution >= 0.6 is 0 Å². The molecule has 0 radical (unpaired) electrons. The standard InChI is InChI=1S/C13H26N2O3/c1-11(2,3)18-10(16)15-8-6-13(14,7-9-15)12(4,5)17/h17H,6-9,14H2,1-5H3. The first kappa shape index (κ1) is 15.2. The van der Waals surface area contributed by atoms with Gasteiger partial charge in [-0.25, -0.2) is 4.79 Å². The van der Waals surface area contributed by atoms with Gasteiger partial charge in [0.2, 0.25) is 0 Å². The van der Waals surface area contributed by atoms with Crippen LogP contribution in [0.15, 0.2) is 0 Å². The summed E-state index contributed by atoms with van der Waals surface area (Å²) in [5.41, 5.74) is 4.14. The van der Waals surface area contributed by atoms with Gasteiger partial charge in [0.05, 0.1) is 5.60 Å². The summed E-state index contributed by atoms with van der Waals surface area (Å²) in [6, 6.07) is 0. The van der Waals surface area contributed by atoms with Crippen LogP contribution in [0.5, 0.6) is 0 Å². The molecule has 0 aromatic rings. The number of hydrogen-bond donors (Lipinski definition) is 2. The van der Waals surface area contributed by atoms with E-state index in [0.717, 1.165) is 0 Å². The molecule has 18 heavy (non-hydrogen) atoms. The molecular weight excluding hydrogens is 232 g/mol. The third-order valence-electron chi connectivity index (χ3n) is 3.53. The number of nitrogens with zero attached hydrogens (tertiary/aromatic N) is 1. The molecule has 5 heteroatoms. The summed E-state index contributed by atoms with van der Waals surface area (Å²) in [4.78, 5) is 13.5. The maximum absolute atomic E-state index is 11.9. The van der Waals surface area contributed by atoms with Crippen molar-refractivity contribution in [1.29, 1.82) is 0 Å². The maximum atomic E-state index is 11.9. The molecule has 5 nitrogen and oxygen atoms in total. The lowest BCUT2D eigenvalue weighted by Gasteiger charge is -2.46. The molecule has 3 N–H and O–H groups in total. The van der Waals surface area contributed by atoms with Crippen LogP contribution in [0.3, 0.4) is 0 Å². The van der Waals surface area contributed by atoms with Gasteiger partial charge in [0, 0.05) is 18.6 Å². The van der Waals surface area contributed by atoms with Gasteiger partial charge in [-0.15, -0.1) is 0 Å². The highest BCUT2D eigenvalue weighted by atomic mass is 16.6. The van der Waals surface area contributed by atoms with Gasteiger partial charge in [-0.05, 0) is 47.5 Å². The second-order valence-electron chi connectivity index (χ2n) is 6.68. The smallest absolute Gasteiger partial charge is 0.410 e. The minimum atomic E-state index is -0.937. The van der Waals surface area contributed by atoms with Crippen molar-refractivity contribution in [2.75, 3.05) is 13.1 Å². The van der Waals surface area contributed by atoms with E-state index in [-0.39, 0.29) is 6.09 Å². The van der Waals surface area contributed by atoms with Gasteiger partial charge in [-0.3, -0.25) is 0 Å². The zero-order chi connectivity index (χ0) is 14.2. The van der Waals surface area contributed by atoms with Crippen LogP contribution in [0.25, 0.3) is 0 Å². The fourth-order valence-corrected chi connectivity index (χ4v) is 2.03. The molecule has 0 aliphatic carbocycles. The second-order valence-corrected chi connectivity index (χ2v) is 6.68. The average Bonchev–Trinajstić information content (AvgIpc) is 2.14. The molecule has 1 rings (SSSR count). The van der Waals surface area contributed by atoms with Crippen LogP contribution in [0.2, 0.25) is 0 Å². The largest absolute Gasteiger partial charge is 0.444 e. The zero-order valence-electron chi connectivity index (χ0n) is 12.1. The van der Waals surface area contributed by atoms with Gasteiger partial charge in [-0.2, -0.15) is 0 Å². The minimum absolute atomic E-state index is 0.305. The van der Waals surface area contributed by atoms with Gasteiger partial charge in [0.1, 0.15) is 5.60 Å². The number of rotatable bonds is 1. The number of ether oxygens (including phenoxy) is 1. The first-order valence-electron chi connectivity index (χ1n) is 6.44. The third kappa shape index (κ3) is 3.59. The Morgan fingerprint density at radius 1 is 1.22 bits per heavy atom. The number of carbonyl (C=O) groups is 1. The Morgan fingerprint density at radius 3 is 2.00 bits per heavy atom. The average molecular weight is 258 g/mol. The number of piperidine rings is 1. The molecule has 1 heterocycles. The van der Waals surface area contributed by atoms with Crippen LogP contribution in [0.4, 0.5) is 4.79 Å². The molecule has 0 saturated carbocycles. The fraction of sp³-hybridized carbons (Fsp3) is 0.923. The molecule has 0 spiro atoms. The van der Waals surface area contributed by atoms with E-state index in [1.54, 1.807) is 18.7 Å². The van der Waals surface area contributed by atoms with Crippen molar-refractivity contribution in [1.82, 2.24) is 4.90 Å². The van der Waals surface area contributed by atoms with Gasteiger partial charge >= 0.3 is 6.09 Å². The zero-order valence-corrected chi connectivity index (χ0v) is 12.1. The van der Waals surface area contributed by atoms with Gasteiger partial charge < -0.3 is 20.5 Å². The summed E-state index contributed by atoms with van der Waals surface area (Å²) in [6.07, 6.45) is 0.853. The summed E-state index contributed by atoms with van der Waals surface area (Å²) in [6.45, 7) is 10.0. The molecule has 1 aliphatic heterocycles. The lowest BCUT2D eigenvalue weighted by atomic mass is 9.76. The molecule has 0 unspecified atom stereocenters. The Bertz CT molecular complexity index is 307. The lowest BCUT2D eigenvalue weighted by Crippen LogP contribution is -2.63. The van der Waals surface area contributed by atoms with E-state index in [4.69, 9.17) is 10.5 Å². The van der Waals surface area contributed by atoms with Crippen molar-refractivity contribution in [3.8, 4) is 0 Å². The summed E-state index contributed by atoms with van der Waals surface area (Å²) in [5, 5.41) is 10.1. The van der Waals surface area contributed by atoms with Crippen LogP contribution in [-0.2, 0) is 4.74 Å². The lowest BCUT2D eigenvalue weighted by molar-refractivity contribution is -0.0388. The SMILES string of the molecule is CC(C)(C)OC(=O)N1CCC(N)(C(C)(C)O)CC1. The highest BCUT2D eigenvalue weighted by molar-refractivity contribution is 5.68. The number of carbonyl (C=O) groups excluding carboxylic acids is 1. The van der Waals surface area contributed by atoms with Crippen molar-refractivity contribution in [3.63, 3.8) is 0 Å². The van der Waals surface area contributed by atoms with Crippen molar-refractivity contribution in [3.05, 3.63) is 0 Å². The summed E-state index contributed by atoms with van der Waals surface area (Å²) >= 11 is 0. The van der Waals surface area contributed by atoms with E-state index < -0.39 is 16.7 Å². The number of likely N-dealkylation sites (tertiary alicyclic amines) is 1. The normalized spacial score (nSPS) is 20.7. The van der Waals surface area contributed by atoms with Crippen LogP contribution in [-0.4, -0.2) is 45.9 Å². The molecule has 1 saturated heterocycles. The molecule has 1 aliphatic rings. The van der Waals surface area contributed by atoms with Crippen LogP contribution in [0, 0.1) is 0 Å². The second kappa shape index (κ2) is 4.70. The number of hydrogen-bond acceptors (Lipinski definition) is 4. The maximum Gasteiger partial charge on any atom is 0.410 e. The van der Waals surface area contributed by atoms with Crippen molar-refractivity contribution in [2.24, 2.45) is 5.73 Å². The van der Waals surface area contributed by atoms with E-state index in [2.05, 4.69) is 0 Å². The molecular formula is C13H26N2O3. The topological polar surface area (TPSA) is 75.8 Å². The van der Waals surface area contributed by atoms with E-state index in [0.29, 0.717) is 25.9 Å². The minimum Gasteiger partial charge on any atom is -0.444 e. The molecule has 1 amide bonds. The van der Waals surface area contributed by atoms with Crippen LogP contribution in [0.1, 0.15) is 47.5 Å². The molecule has 0 bridgehead atoms. The molecule has 0 atom stereocenters. The van der Waals surface area contributed by atoms with E-state index in [9.17, 15) is 9.90 Å². The Hall–Kier alpha value is -0.810. The van der Waals surface area contributed by atoms with Crippen LogP contribution < -0.4 is 5.73 Å². The Kier molecular flexibility index (Phi) is 3.98. The first-order chi connectivity index (χ1) is 7.95. The van der Waals surface area contributed by atoms with E-state index >= 15 is 0 Å². The van der Waals surface area contributed by atoms with Gasteiger partial charge in [0.15, 0.2) is 0 Å². The third-order valence-corrected chi connectivity index (χ3v) is 3.53. The van der Waals surface area contributed by atoms with E-state index in [1.807, 2.05) is 20.8 Å². The fourth-order valence-electron chi connectivity index (χ4n) is 2.03. The Labute approximate surface area is 109 Å². The summed E-state index contributed by atoms with van der Waals surface area (Å²) in [5.74, 6) is 0. The number of aliphatic hydroxyl groups is 1. The Morgan fingerprint density at radius 2 is 1.67 bits per heavy atom. The highest BCUT2D eigenvalue weighted by Gasteiger charge is 2.43. The van der Waals surface area contributed by atoms with Crippen molar-refractivity contribution >= 4 is 6.09 Å².